The van der Waals surface area contributed by atoms with Crippen molar-refractivity contribution in [1.29, 1.82) is 0 Å². The highest BCUT2D eigenvalue weighted by Crippen LogP contribution is 2.31. The lowest BCUT2D eigenvalue weighted by molar-refractivity contribution is 0.102. The van der Waals surface area contributed by atoms with Crippen molar-refractivity contribution in [3.05, 3.63) is 29.8 Å². The Bertz CT molecular complexity index is 527. The number of benzene rings is 1. The number of piperidine rings is 1. The normalized spacial score (nSPS) is 21.1. The minimum Gasteiger partial charge on any atom is -0.334 e. The van der Waals surface area contributed by atoms with Crippen molar-refractivity contribution < 1.29 is 4.79 Å². The Morgan fingerprint density at radius 1 is 1.14 bits per heavy atom. The van der Waals surface area contributed by atoms with Crippen LogP contribution in [0.2, 0.25) is 0 Å². The van der Waals surface area contributed by atoms with E-state index in [1.165, 1.54) is 5.56 Å². The molecule has 3 rings (SSSR count). The number of likely N-dealkylation sites (tertiary alicyclic amines) is 1. The number of para-hydroxylation sites is 1. The number of carbonyl (C=O) groups is 1. The molecule has 0 saturated carbocycles. The summed E-state index contributed by atoms with van der Waals surface area (Å²) in [6.07, 6.45) is 2.08. The molecule has 2 aliphatic heterocycles. The third kappa shape index (κ3) is 2.77. The molecule has 2 heterocycles. The molecule has 1 N–H and O–H groups in total. The van der Waals surface area contributed by atoms with Crippen LogP contribution in [0.25, 0.3) is 0 Å². The molecule has 0 aromatic heterocycles. The SMILES string of the molecule is CC(C)(C)N1CCC(N2C(=O)NCc3ccccc32)CC1. The van der Waals surface area contributed by atoms with Crippen LogP contribution >= 0.6 is 0 Å². The molecule has 0 radical (unpaired) electrons. The van der Waals surface area contributed by atoms with Gasteiger partial charge in [-0.25, -0.2) is 4.79 Å². The number of nitrogens with zero attached hydrogens (tertiary/aromatic N) is 2. The fourth-order valence-corrected chi connectivity index (χ4v) is 3.42. The van der Waals surface area contributed by atoms with Crippen molar-refractivity contribution in [3.8, 4) is 0 Å². The second-order valence-electron chi connectivity index (χ2n) is 7.05. The lowest BCUT2D eigenvalue weighted by atomic mass is 9.96. The van der Waals surface area contributed by atoms with Gasteiger partial charge in [0.15, 0.2) is 0 Å². The molecule has 4 nitrogen and oxygen atoms in total. The lowest BCUT2D eigenvalue weighted by Gasteiger charge is -2.45. The molecule has 2 aliphatic rings. The van der Waals surface area contributed by atoms with Gasteiger partial charge in [-0.05, 0) is 45.2 Å². The predicted octanol–water partition coefficient (Wildman–Crippen LogP) is 2.98. The van der Waals surface area contributed by atoms with E-state index in [2.05, 4.69) is 43.1 Å². The topological polar surface area (TPSA) is 35.6 Å². The van der Waals surface area contributed by atoms with E-state index in [9.17, 15) is 4.79 Å². The largest absolute Gasteiger partial charge is 0.334 e. The standard InChI is InChI=1S/C17H25N3O/c1-17(2,3)19-10-8-14(9-11-19)20-15-7-5-4-6-13(15)12-18-16(20)21/h4-7,14H,8-12H2,1-3H3,(H,18,21). The van der Waals surface area contributed by atoms with Gasteiger partial charge in [-0.1, -0.05) is 18.2 Å². The Morgan fingerprint density at radius 2 is 1.81 bits per heavy atom. The maximum Gasteiger partial charge on any atom is 0.322 e. The van der Waals surface area contributed by atoms with Crippen molar-refractivity contribution in [2.24, 2.45) is 0 Å². The van der Waals surface area contributed by atoms with E-state index >= 15 is 0 Å². The second kappa shape index (κ2) is 5.34. The summed E-state index contributed by atoms with van der Waals surface area (Å²) in [5.41, 5.74) is 2.53. The summed E-state index contributed by atoms with van der Waals surface area (Å²) in [6.45, 7) is 9.54. The summed E-state index contributed by atoms with van der Waals surface area (Å²) < 4.78 is 0. The summed E-state index contributed by atoms with van der Waals surface area (Å²) in [5.74, 6) is 0. The van der Waals surface area contributed by atoms with Crippen LogP contribution in [0.3, 0.4) is 0 Å². The van der Waals surface area contributed by atoms with Crippen LogP contribution in [0.4, 0.5) is 10.5 Å². The summed E-state index contributed by atoms with van der Waals surface area (Å²) in [4.78, 5) is 16.8. The van der Waals surface area contributed by atoms with E-state index in [1.807, 2.05) is 17.0 Å². The first-order valence-corrected chi connectivity index (χ1v) is 7.87. The number of nitrogens with one attached hydrogen (secondary N) is 1. The third-order valence-corrected chi connectivity index (χ3v) is 4.68. The summed E-state index contributed by atoms with van der Waals surface area (Å²) in [5, 5.41) is 3.00. The van der Waals surface area contributed by atoms with E-state index < -0.39 is 0 Å². The zero-order valence-corrected chi connectivity index (χ0v) is 13.2. The maximum absolute atomic E-state index is 12.3. The Hall–Kier alpha value is -1.55. The molecule has 2 amide bonds. The van der Waals surface area contributed by atoms with Gasteiger partial charge in [-0.2, -0.15) is 0 Å². The Labute approximate surface area is 127 Å². The summed E-state index contributed by atoms with van der Waals surface area (Å²) >= 11 is 0. The van der Waals surface area contributed by atoms with Crippen LogP contribution < -0.4 is 10.2 Å². The third-order valence-electron chi connectivity index (χ3n) is 4.68. The van der Waals surface area contributed by atoms with Crippen LogP contribution in [0.15, 0.2) is 24.3 Å². The van der Waals surface area contributed by atoms with Crippen LogP contribution in [-0.2, 0) is 6.54 Å². The van der Waals surface area contributed by atoms with Gasteiger partial charge in [-0.3, -0.25) is 9.80 Å². The quantitative estimate of drug-likeness (QED) is 0.862. The highest BCUT2D eigenvalue weighted by molar-refractivity contribution is 5.95. The van der Waals surface area contributed by atoms with Gasteiger partial charge < -0.3 is 5.32 Å². The van der Waals surface area contributed by atoms with Gasteiger partial charge in [0.2, 0.25) is 0 Å². The highest BCUT2D eigenvalue weighted by atomic mass is 16.2. The van der Waals surface area contributed by atoms with Gasteiger partial charge in [0.25, 0.3) is 0 Å². The van der Waals surface area contributed by atoms with E-state index in [4.69, 9.17) is 0 Å². The van der Waals surface area contributed by atoms with Gasteiger partial charge in [0.05, 0.1) is 5.69 Å². The zero-order chi connectivity index (χ0) is 15.0. The Balaban J connectivity index is 1.78. The van der Waals surface area contributed by atoms with E-state index in [0.29, 0.717) is 12.6 Å². The van der Waals surface area contributed by atoms with Crippen LogP contribution in [0.1, 0.15) is 39.2 Å². The second-order valence-corrected chi connectivity index (χ2v) is 7.05. The molecule has 1 saturated heterocycles. The molecule has 4 heteroatoms. The number of amides is 2. The molecule has 0 unspecified atom stereocenters. The number of urea groups is 1. The van der Waals surface area contributed by atoms with Gasteiger partial charge in [0.1, 0.15) is 0 Å². The maximum atomic E-state index is 12.3. The van der Waals surface area contributed by atoms with Gasteiger partial charge >= 0.3 is 6.03 Å². The monoisotopic (exact) mass is 287 g/mol. The molecule has 114 valence electrons. The molecule has 1 aromatic rings. The summed E-state index contributed by atoms with van der Waals surface area (Å²) in [6, 6.07) is 8.61. The first-order chi connectivity index (χ1) is 9.97. The number of hydrogen-bond acceptors (Lipinski definition) is 2. The fourth-order valence-electron chi connectivity index (χ4n) is 3.42. The van der Waals surface area contributed by atoms with E-state index in [0.717, 1.165) is 31.6 Å². The fraction of sp³-hybridized carbons (Fsp3) is 0.588. The molecule has 0 bridgehead atoms. The van der Waals surface area contributed by atoms with Crippen LogP contribution in [-0.4, -0.2) is 35.6 Å². The molecule has 1 fully saturated rings. The number of hydrogen-bond donors (Lipinski definition) is 1. The van der Waals surface area contributed by atoms with Crippen molar-refractivity contribution >= 4 is 11.7 Å². The van der Waals surface area contributed by atoms with Crippen molar-refractivity contribution in [1.82, 2.24) is 10.2 Å². The average Bonchev–Trinajstić information content (AvgIpc) is 2.46. The molecule has 0 aliphatic carbocycles. The van der Waals surface area contributed by atoms with Crippen LogP contribution in [0, 0.1) is 0 Å². The number of fused-ring (bicyclic) bond motifs is 1. The minimum absolute atomic E-state index is 0.0582. The van der Waals surface area contributed by atoms with Crippen LogP contribution in [0.5, 0.6) is 0 Å². The first-order valence-electron chi connectivity index (χ1n) is 7.87. The number of anilines is 1. The van der Waals surface area contributed by atoms with Crippen molar-refractivity contribution in [2.45, 2.75) is 51.7 Å². The predicted molar refractivity (Wildman–Crippen MR) is 85.5 cm³/mol. The number of carbonyl (C=O) groups excluding carboxylic acids is 1. The smallest absolute Gasteiger partial charge is 0.322 e. The molecular formula is C17H25N3O. The Morgan fingerprint density at radius 3 is 2.48 bits per heavy atom. The molecule has 1 aromatic carbocycles. The van der Waals surface area contributed by atoms with Crippen molar-refractivity contribution in [3.63, 3.8) is 0 Å². The van der Waals surface area contributed by atoms with E-state index in [1.54, 1.807) is 0 Å². The first kappa shape index (κ1) is 14.4. The minimum atomic E-state index is 0.0582. The lowest BCUT2D eigenvalue weighted by Crippen LogP contribution is -2.55. The number of rotatable bonds is 1. The molecular weight excluding hydrogens is 262 g/mol. The average molecular weight is 287 g/mol. The molecule has 21 heavy (non-hydrogen) atoms. The van der Waals surface area contributed by atoms with Gasteiger partial charge in [0, 0.05) is 31.2 Å². The van der Waals surface area contributed by atoms with Gasteiger partial charge in [-0.15, -0.1) is 0 Å². The van der Waals surface area contributed by atoms with Crippen molar-refractivity contribution in [2.75, 3.05) is 18.0 Å². The molecule has 0 spiro atoms. The summed E-state index contributed by atoms with van der Waals surface area (Å²) in [7, 11) is 0. The highest BCUT2D eigenvalue weighted by Gasteiger charge is 2.34. The molecule has 0 atom stereocenters. The Kier molecular flexibility index (Phi) is 3.66. The zero-order valence-electron chi connectivity index (χ0n) is 13.2. The van der Waals surface area contributed by atoms with E-state index in [-0.39, 0.29) is 11.6 Å².